The molecule has 0 rings (SSSR count). The summed E-state index contributed by atoms with van der Waals surface area (Å²) in [6, 6.07) is 0. The van der Waals surface area contributed by atoms with Crippen molar-refractivity contribution < 1.29 is 25.0 Å². The van der Waals surface area contributed by atoms with Crippen molar-refractivity contribution in [3.8, 4) is 0 Å². The van der Waals surface area contributed by atoms with Crippen LogP contribution in [0.5, 0.6) is 0 Å². The van der Waals surface area contributed by atoms with Crippen LogP contribution in [0.25, 0.3) is 0 Å². The van der Waals surface area contributed by atoms with Crippen molar-refractivity contribution in [1.82, 2.24) is 5.48 Å². The highest BCUT2D eigenvalue weighted by molar-refractivity contribution is 5.86. The van der Waals surface area contributed by atoms with E-state index in [1.807, 2.05) is 5.48 Å². The van der Waals surface area contributed by atoms with E-state index in [2.05, 4.69) is 11.4 Å². The number of carboxylic acid groups (broad SMARTS) is 1. The molecule has 0 heterocycles. The number of carbonyl (C=O) groups is 2. The summed E-state index contributed by atoms with van der Waals surface area (Å²) in [6.07, 6.45) is 0.974. The third-order valence-corrected chi connectivity index (χ3v) is 0.554. The van der Waals surface area contributed by atoms with Gasteiger partial charge in [-0.05, 0) is 6.08 Å². The summed E-state index contributed by atoms with van der Waals surface area (Å²) in [4.78, 5) is 24.2. The maximum absolute atomic E-state index is 10.2. The average Bonchev–Trinajstić information content (AvgIpc) is 1.87. The van der Waals surface area contributed by atoms with Crippen molar-refractivity contribution in [3.63, 3.8) is 0 Å². The molecule has 0 aliphatic rings. The van der Waals surface area contributed by atoms with Crippen molar-refractivity contribution >= 4 is 11.9 Å². The summed E-state index contributed by atoms with van der Waals surface area (Å²) in [6.45, 7) is 2.56. The first-order chi connectivity index (χ1) is 4.66. The van der Waals surface area contributed by atoms with E-state index in [9.17, 15) is 9.59 Å². The highest BCUT2D eigenvalue weighted by Crippen LogP contribution is 1.69. The van der Waals surface area contributed by atoms with E-state index in [0.717, 1.165) is 6.08 Å². The van der Waals surface area contributed by atoms with Crippen LogP contribution in [-0.2, 0) is 14.4 Å². The van der Waals surface area contributed by atoms with Crippen molar-refractivity contribution in [2.45, 2.75) is 0 Å². The molecule has 0 aromatic rings. The second-order valence-corrected chi connectivity index (χ2v) is 1.35. The Bertz CT molecular complexity index is 155. The van der Waals surface area contributed by atoms with Gasteiger partial charge in [0.1, 0.15) is 0 Å². The van der Waals surface area contributed by atoms with E-state index < -0.39 is 18.5 Å². The number of hydrogen-bond acceptors (Lipinski definition) is 3. The van der Waals surface area contributed by atoms with Crippen LogP contribution in [-0.4, -0.2) is 29.1 Å². The maximum Gasteiger partial charge on any atom is 0.332 e. The number of hydrogen-bond donors (Lipinski definition) is 2. The van der Waals surface area contributed by atoms with Crippen LogP contribution in [0.1, 0.15) is 0 Å². The number of carbonyl (C=O) groups excluding carboxylic acids is 1. The standard InChI is InChI=1S/C5H7NO4.H2O/c1-2-4(7)6-10-3-5(8)9;/h2H,1,3H2,(H,6,7)(H,8,9);1H2. The fraction of sp³-hybridized carbons (Fsp3) is 0.200. The molecule has 11 heavy (non-hydrogen) atoms. The van der Waals surface area contributed by atoms with Gasteiger partial charge in [-0.15, -0.1) is 0 Å². The number of rotatable bonds is 4. The third kappa shape index (κ3) is 8.60. The van der Waals surface area contributed by atoms with E-state index >= 15 is 0 Å². The van der Waals surface area contributed by atoms with Crippen LogP contribution >= 0.6 is 0 Å². The molecule has 0 unspecified atom stereocenters. The van der Waals surface area contributed by atoms with Crippen molar-refractivity contribution in [1.29, 1.82) is 0 Å². The minimum absolute atomic E-state index is 0. The lowest BCUT2D eigenvalue weighted by Gasteiger charge is -1.97. The summed E-state index contributed by atoms with van der Waals surface area (Å²) >= 11 is 0. The fourth-order valence-corrected chi connectivity index (χ4v) is 0.211. The molecular weight excluding hydrogens is 154 g/mol. The molecule has 6 nitrogen and oxygen atoms in total. The maximum atomic E-state index is 10.2. The molecule has 1 amide bonds. The van der Waals surface area contributed by atoms with Crippen molar-refractivity contribution in [2.24, 2.45) is 0 Å². The molecule has 0 aromatic carbocycles. The second-order valence-electron chi connectivity index (χ2n) is 1.35. The van der Waals surface area contributed by atoms with Crippen LogP contribution in [0, 0.1) is 0 Å². The van der Waals surface area contributed by atoms with E-state index in [4.69, 9.17) is 5.11 Å². The average molecular weight is 163 g/mol. The quantitative estimate of drug-likeness (QED) is 0.387. The lowest BCUT2D eigenvalue weighted by Crippen LogP contribution is -2.24. The van der Waals surface area contributed by atoms with Gasteiger partial charge in [0.2, 0.25) is 0 Å². The number of nitrogens with one attached hydrogen (secondary N) is 1. The van der Waals surface area contributed by atoms with Gasteiger partial charge >= 0.3 is 5.97 Å². The Morgan fingerprint density at radius 1 is 1.64 bits per heavy atom. The molecule has 4 N–H and O–H groups in total. The Kier molecular flexibility index (Phi) is 7.51. The SMILES string of the molecule is C=CC(=O)NOCC(=O)O.O. The summed E-state index contributed by atoms with van der Waals surface area (Å²) in [5.74, 6) is -1.72. The summed E-state index contributed by atoms with van der Waals surface area (Å²) in [5.41, 5.74) is 1.83. The monoisotopic (exact) mass is 163 g/mol. The molecule has 0 radical (unpaired) electrons. The Morgan fingerprint density at radius 2 is 2.18 bits per heavy atom. The van der Waals surface area contributed by atoms with Crippen LogP contribution < -0.4 is 5.48 Å². The molecule has 0 aromatic heterocycles. The van der Waals surface area contributed by atoms with Gasteiger partial charge in [-0.25, -0.2) is 10.3 Å². The Balaban J connectivity index is 0. The molecule has 0 bridgehead atoms. The normalized spacial score (nSPS) is 7.64. The van der Waals surface area contributed by atoms with E-state index in [-0.39, 0.29) is 5.48 Å². The van der Waals surface area contributed by atoms with Crippen LogP contribution in [0.2, 0.25) is 0 Å². The van der Waals surface area contributed by atoms with Crippen LogP contribution in [0.15, 0.2) is 12.7 Å². The molecule has 0 fully saturated rings. The Hall–Kier alpha value is -1.40. The first-order valence-corrected chi connectivity index (χ1v) is 2.43. The number of carboxylic acids is 1. The molecule has 6 heteroatoms. The zero-order valence-corrected chi connectivity index (χ0v) is 5.66. The zero-order valence-electron chi connectivity index (χ0n) is 5.66. The zero-order chi connectivity index (χ0) is 7.98. The first-order valence-electron chi connectivity index (χ1n) is 2.43. The van der Waals surface area contributed by atoms with Gasteiger partial charge < -0.3 is 10.6 Å². The Labute approximate surface area is 62.7 Å². The van der Waals surface area contributed by atoms with E-state index in [1.165, 1.54) is 0 Å². The lowest BCUT2D eigenvalue weighted by molar-refractivity contribution is -0.147. The van der Waals surface area contributed by atoms with Gasteiger partial charge in [0.25, 0.3) is 5.91 Å². The third-order valence-electron chi connectivity index (χ3n) is 0.554. The largest absolute Gasteiger partial charge is 0.479 e. The second kappa shape index (κ2) is 6.72. The fourth-order valence-electron chi connectivity index (χ4n) is 0.211. The van der Waals surface area contributed by atoms with Gasteiger partial charge in [0.05, 0.1) is 0 Å². The smallest absolute Gasteiger partial charge is 0.332 e. The van der Waals surface area contributed by atoms with Crippen LogP contribution in [0.3, 0.4) is 0 Å². The number of amides is 1. The lowest BCUT2D eigenvalue weighted by atomic mass is 10.6. The highest BCUT2D eigenvalue weighted by atomic mass is 16.7. The minimum Gasteiger partial charge on any atom is -0.479 e. The molecule has 0 aliphatic heterocycles. The molecule has 0 spiro atoms. The van der Waals surface area contributed by atoms with Gasteiger partial charge in [0.15, 0.2) is 6.61 Å². The molecule has 0 saturated carbocycles. The number of aliphatic carboxylic acids is 1. The predicted octanol–water partition coefficient (Wildman–Crippen LogP) is -1.52. The van der Waals surface area contributed by atoms with Gasteiger partial charge in [-0.1, -0.05) is 6.58 Å². The number of hydroxylamine groups is 1. The summed E-state index contributed by atoms with van der Waals surface area (Å²) < 4.78 is 0. The van der Waals surface area contributed by atoms with Crippen molar-refractivity contribution in [2.75, 3.05) is 6.61 Å². The Morgan fingerprint density at radius 3 is 2.55 bits per heavy atom. The highest BCUT2D eigenvalue weighted by Gasteiger charge is 1.97. The van der Waals surface area contributed by atoms with Gasteiger partial charge in [-0.3, -0.25) is 9.63 Å². The van der Waals surface area contributed by atoms with Gasteiger partial charge in [0, 0.05) is 0 Å². The molecule has 0 aliphatic carbocycles. The predicted molar refractivity (Wildman–Crippen MR) is 35.5 cm³/mol. The topological polar surface area (TPSA) is 107 Å². The molecule has 64 valence electrons. The van der Waals surface area contributed by atoms with Gasteiger partial charge in [-0.2, -0.15) is 0 Å². The van der Waals surface area contributed by atoms with E-state index in [1.54, 1.807) is 0 Å². The minimum atomic E-state index is -1.15. The summed E-state index contributed by atoms with van der Waals surface area (Å²) in [7, 11) is 0. The van der Waals surface area contributed by atoms with Crippen LogP contribution in [0.4, 0.5) is 0 Å². The van der Waals surface area contributed by atoms with Crippen molar-refractivity contribution in [3.05, 3.63) is 12.7 Å². The van der Waals surface area contributed by atoms with E-state index in [0.29, 0.717) is 0 Å². The molecule has 0 saturated heterocycles. The molecule has 0 atom stereocenters. The first kappa shape index (κ1) is 12.3. The molecular formula is C5H9NO5. The summed E-state index contributed by atoms with van der Waals surface area (Å²) in [5, 5.41) is 8.00.